The Hall–Kier alpha value is -0.610. The third kappa shape index (κ3) is 1.96. The highest BCUT2D eigenvalue weighted by Crippen LogP contribution is 2.58. The van der Waals surface area contributed by atoms with E-state index >= 15 is 0 Å². The molecule has 0 radical (unpaired) electrons. The maximum atomic E-state index is 9.74. The number of fused-ring (bicyclic) bond motifs is 5. The molecule has 3 N–H and O–H groups in total. The van der Waals surface area contributed by atoms with Gasteiger partial charge in [0.25, 0.3) is 5.97 Å². The van der Waals surface area contributed by atoms with Crippen molar-refractivity contribution in [1.82, 2.24) is 0 Å². The van der Waals surface area contributed by atoms with Crippen LogP contribution in [-0.2, 0) is 4.79 Å². The van der Waals surface area contributed by atoms with Crippen LogP contribution in [0.2, 0.25) is 0 Å². The van der Waals surface area contributed by atoms with Crippen molar-refractivity contribution in [2.45, 2.75) is 44.8 Å². The van der Waals surface area contributed by atoms with E-state index in [9.17, 15) is 10.2 Å². The standard InChI is InChI=1S/C10H16O2.C2H4O2/c11-8-4-7-5-1-2-6(3-5)9(7)10(8)12;1-2(3)4/h5-12H,1-4H2;1H3,(H,3,4). The summed E-state index contributed by atoms with van der Waals surface area (Å²) in [6, 6.07) is 0. The zero-order chi connectivity index (χ0) is 11.9. The summed E-state index contributed by atoms with van der Waals surface area (Å²) in [6.07, 6.45) is 4.04. The Morgan fingerprint density at radius 3 is 2.25 bits per heavy atom. The molecule has 0 aromatic rings. The van der Waals surface area contributed by atoms with E-state index in [0.29, 0.717) is 11.8 Å². The minimum atomic E-state index is -0.833. The van der Waals surface area contributed by atoms with Crippen LogP contribution in [0.25, 0.3) is 0 Å². The molecule has 4 nitrogen and oxygen atoms in total. The van der Waals surface area contributed by atoms with Gasteiger partial charge in [-0.1, -0.05) is 0 Å². The van der Waals surface area contributed by atoms with Gasteiger partial charge in [-0.25, -0.2) is 0 Å². The Bertz CT molecular complexity index is 272. The number of carbonyl (C=O) groups is 1. The summed E-state index contributed by atoms with van der Waals surface area (Å²) in [5.74, 6) is 1.87. The zero-order valence-corrected chi connectivity index (χ0v) is 9.54. The summed E-state index contributed by atoms with van der Waals surface area (Å²) >= 11 is 0. The van der Waals surface area contributed by atoms with Gasteiger partial charge in [0.05, 0.1) is 12.2 Å². The minimum Gasteiger partial charge on any atom is -0.481 e. The number of aliphatic hydroxyl groups excluding tert-OH is 2. The fourth-order valence-electron chi connectivity index (χ4n) is 4.01. The van der Waals surface area contributed by atoms with Gasteiger partial charge in [-0.05, 0) is 49.4 Å². The zero-order valence-electron chi connectivity index (χ0n) is 9.54. The van der Waals surface area contributed by atoms with E-state index in [2.05, 4.69) is 0 Å². The van der Waals surface area contributed by atoms with Crippen molar-refractivity contribution < 1.29 is 20.1 Å². The molecule has 0 saturated heterocycles. The molecule has 0 amide bonds. The van der Waals surface area contributed by atoms with Crippen molar-refractivity contribution in [1.29, 1.82) is 0 Å². The van der Waals surface area contributed by atoms with E-state index < -0.39 is 18.2 Å². The van der Waals surface area contributed by atoms with Gasteiger partial charge in [-0.2, -0.15) is 0 Å². The van der Waals surface area contributed by atoms with Crippen LogP contribution in [0.1, 0.15) is 32.6 Å². The van der Waals surface area contributed by atoms with Crippen molar-refractivity contribution in [3.63, 3.8) is 0 Å². The molecule has 0 aromatic carbocycles. The van der Waals surface area contributed by atoms with Crippen LogP contribution in [0.15, 0.2) is 0 Å². The Morgan fingerprint density at radius 2 is 1.69 bits per heavy atom. The number of hydrogen-bond acceptors (Lipinski definition) is 3. The first-order valence-corrected chi connectivity index (χ1v) is 6.06. The molecular formula is C12H20O4. The smallest absolute Gasteiger partial charge is 0.300 e. The van der Waals surface area contributed by atoms with Crippen molar-refractivity contribution in [2.75, 3.05) is 0 Å². The lowest BCUT2D eigenvalue weighted by Crippen LogP contribution is -2.29. The lowest BCUT2D eigenvalue weighted by atomic mass is 9.81. The predicted molar refractivity (Wildman–Crippen MR) is 57.8 cm³/mol. The summed E-state index contributed by atoms with van der Waals surface area (Å²) in [5.41, 5.74) is 0. The average Bonchev–Trinajstić information content (AvgIpc) is 2.80. The molecule has 0 heterocycles. The highest BCUT2D eigenvalue weighted by Gasteiger charge is 2.55. The fraction of sp³-hybridized carbons (Fsp3) is 0.917. The monoisotopic (exact) mass is 228 g/mol. The van der Waals surface area contributed by atoms with Gasteiger partial charge in [0.2, 0.25) is 0 Å². The lowest BCUT2D eigenvalue weighted by molar-refractivity contribution is -0.134. The Morgan fingerprint density at radius 1 is 1.12 bits per heavy atom. The fourth-order valence-corrected chi connectivity index (χ4v) is 4.01. The van der Waals surface area contributed by atoms with Gasteiger partial charge in [0.1, 0.15) is 0 Å². The molecule has 6 unspecified atom stereocenters. The van der Waals surface area contributed by atoms with Gasteiger partial charge in [-0.3, -0.25) is 4.79 Å². The minimum absolute atomic E-state index is 0.398. The second kappa shape index (κ2) is 4.34. The van der Waals surface area contributed by atoms with Gasteiger partial charge >= 0.3 is 0 Å². The van der Waals surface area contributed by atoms with Crippen LogP contribution in [0.4, 0.5) is 0 Å². The normalized spacial score (nSPS) is 48.4. The molecule has 0 aliphatic heterocycles. The van der Waals surface area contributed by atoms with E-state index in [1.54, 1.807) is 0 Å². The molecule has 16 heavy (non-hydrogen) atoms. The molecule has 0 aromatic heterocycles. The number of hydrogen-bond donors (Lipinski definition) is 3. The summed E-state index contributed by atoms with van der Waals surface area (Å²) in [4.78, 5) is 9.00. The lowest BCUT2D eigenvalue weighted by Gasteiger charge is -2.25. The van der Waals surface area contributed by atoms with Gasteiger partial charge in [-0.15, -0.1) is 0 Å². The van der Waals surface area contributed by atoms with E-state index in [1.807, 2.05) is 0 Å². The Balaban J connectivity index is 0.000000212. The molecule has 4 heteroatoms. The summed E-state index contributed by atoms with van der Waals surface area (Å²) in [5, 5.41) is 26.7. The third-order valence-electron chi connectivity index (χ3n) is 4.46. The summed E-state index contributed by atoms with van der Waals surface area (Å²) in [6.45, 7) is 1.08. The largest absolute Gasteiger partial charge is 0.481 e. The molecule has 3 aliphatic carbocycles. The van der Waals surface area contributed by atoms with Crippen molar-refractivity contribution in [3.8, 4) is 0 Å². The van der Waals surface area contributed by atoms with E-state index in [0.717, 1.165) is 25.2 Å². The Kier molecular flexibility index (Phi) is 3.22. The second-order valence-corrected chi connectivity index (χ2v) is 5.39. The van der Waals surface area contributed by atoms with Crippen LogP contribution in [0.3, 0.4) is 0 Å². The van der Waals surface area contributed by atoms with Crippen LogP contribution in [0, 0.1) is 23.7 Å². The number of aliphatic carboxylic acids is 1. The van der Waals surface area contributed by atoms with Crippen LogP contribution in [-0.4, -0.2) is 33.5 Å². The van der Waals surface area contributed by atoms with E-state index in [4.69, 9.17) is 9.90 Å². The third-order valence-corrected chi connectivity index (χ3v) is 4.46. The molecule has 2 bridgehead atoms. The SMILES string of the molecule is CC(=O)O.OC1CC2C3CCC(C3)C2C1O. The van der Waals surface area contributed by atoms with Crippen molar-refractivity contribution in [3.05, 3.63) is 0 Å². The van der Waals surface area contributed by atoms with Gasteiger partial charge in [0, 0.05) is 6.92 Å². The number of carboxylic acids is 1. The quantitative estimate of drug-likeness (QED) is 0.575. The summed E-state index contributed by atoms with van der Waals surface area (Å²) in [7, 11) is 0. The highest BCUT2D eigenvalue weighted by molar-refractivity contribution is 5.62. The molecule has 3 rings (SSSR count). The molecular weight excluding hydrogens is 208 g/mol. The molecule has 92 valence electrons. The maximum Gasteiger partial charge on any atom is 0.300 e. The average molecular weight is 228 g/mol. The van der Waals surface area contributed by atoms with E-state index in [-0.39, 0.29) is 0 Å². The first kappa shape index (κ1) is 11.9. The van der Waals surface area contributed by atoms with Crippen LogP contribution >= 0.6 is 0 Å². The van der Waals surface area contributed by atoms with Crippen LogP contribution < -0.4 is 0 Å². The first-order valence-electron chi connectivity index (χ1n) is 6.06. The van der Waals surface area contributed by atoms with Crippen LogP contribution in [0.5, 0.6) is 0 Å². The van der Waals surface area contributed by atoms with Gasteiger partial charge < -0.3 is 15.3 Å². The molecule has 3 fully saturated rings. The van der Waals surface area contributed by atoms with Crippen molar-refractivity contribution in [2.24, 2.45) is 23.7 Å². The Labute approximate surface area is 95.3 Å². The topological polar surface area (TPSA) is 77.8 Å². The molecule has 3 aliphatic rings. The molecule has 3 saturated carbocycles. The molecule has 6 atom stereocenters. The number of rotatable bonds is 0. The number of carboxylic acid groups (broad SMARTS) is 1. The second-order valence-electron chi connectivity index (χ2n) is 5.39. The summed E-state index contributed by atoms with van der Waals surface area (Å²) < 4.78 is 0. The number of aliphatic hydroxyl groups is 2. The van der Waals surface area contributed by atoms with Crippen molar-refractivity contribution >= 4 is 5.97 Å². The van der Waals surface area contributed by atoms with Gasteiger partial charge in [0.15, 0.2) is 0 Å². The maximum absolute atomic E-state index is 9.74. The van der Waals surface area contributed by atoms with E-state index in [1.165, 1.54) is 19.3 Å². The molecule has 0 spiro atoms. The first-order chi connectivity index (χ1) is 7.50. The predicted octanol–water partition coefficient (Wildman–Crippen LogP) is 0.865. The highest BCUT2D eigenvalue weighted by atomic mass is 16.4.